The first-order valence-corrected chi connectivity index (χ1v) is 5.42. The number of nitro benzene ring substituents is 1. The maximum Gasteiger partial charge on any atom is 0.314 e. The van der Waals surface area contributed by atoms with Crippen LogP contribution in [0, 0.1) is 15.9 Å². The SMILES string of the molecule is O=[N+]([O-])c1cc(F)ccc1Oc1cccc(CO)c1. The Hall–Kier alpha value is -2.47. The fraction of sp³-hybridized carbons (Fsp3) is 0.0769. The van der Waals surface area contributed by atoms with Crippen LogP contribution in [-0.4, -0.2) is 10.0 Å². The lowest BCUT2D eigenvalue weighted by molar-refractivity contribution is -0.385. The number of aliphatic hydroxyl groups excluding tert-OH is 1. The highest BCUT2D eigenvalue weighted by Gasteiger charge is 2.17. The van der Waals surface area contributed by atoms with Crippen molar-refractivity contribution in [1.29, 1.82) is 0 Å². The number of rotatable bonds is 4. The summed E-state index contributed by atoms with van der Waals surface area (Å²) in [4.78, 5) is 10.1. The average Bonchev–Trinajstić information content (AvgIpc) is 2.41. The lowest BCUT2D eigenvalue weighted by Gasteiger charge is -2.07. The Morgan fingerprint density at radius 2 is 2.05 bits per heavy atom. The summed E-state index contributed by atoms with van der Waals surface area (Å²) in [7, 11) is 0. The van der Waals surface area contributed by atoms with Crippen molar-refractivity contribution < 1.29 is 19.2 Å². The highest BCUT2D eigenvalue weighted by atomic mass is 19.1. The Morgan fingerprint density at radius 3 is 2.74 bits per heavy atom. The van der Waals surface area contributed by atoms with Crippen LogP contribution in [0.25, 0.3) is 0 Å². The van der Waals surface area contributed by atoms with Crippen molar-refractivity contribution >= 4 is 5.69 Å². The molecule has 0 atom stereocenters. The van der Waals surface area contributed by atoms with E-state index in [1.165, 1.54) is 6.07 Å². The van der Waals surface area contributed by atoms with Crippen LogP contribution < -0.4 is 4.74 Å². The summed E-state index contributed by atoms with van der Waals surface area (Å²) in [6.45, 7) is -0.164. The van der Waals surface area contributed by atoms with Gasteiger partial charge in [-0.2, -0.15) is 0 Å². The molecule has 5 nitrogen and oxygen atoms in total. The number of aliphatic hydroxyl groups is 1. The van der Waals surface area contributed by atoms with E-state index < -0.39 is 16.4 Å². The lowest BCUT2D eigenvalue weighted by atomic mass is 10.2. The van der Waals surface area contributed by atoms with Gasteiger partial charge in [-0.15, -0.1) is 0 Å². The van der Waals surface area contributed by atoms with Gasteiger partial charge in [0.2, 0.25) is 5.75 Å². The van der Waals surface area contributed by atoms with Gasteiger partial charge in [-0.05, 0) is 29.8 Å². The summed E-state index contributed by atoms with van der Waals surface area (Å²) in [6.07, 6.45) is 0. The molecule has 0 unspecified atom stereocenters. The smallest absolute Gasteiger partial charge is 0.314 e. The molecule has 0 aromatic heterocycles. The standard InChI is InChI=1S/C13H10FNO4/c14-10-4-5-13(12(7-10)15(17)18)19-11-3-1-2-9(6-11)8-16/h1-7,16H,8H2. The van der Waals surface area contributed by atoms with Gasteiger partial charge in [0, 0.05) is 0 Å². The van der Waals surface area contributed by atoms with Crippen molar-refractivity contribution in [3.8, 4) is 11.5 Å². The Kier molecular flexibility index (Phi) is 3.72. The molecule has 1 N–H and O–H groups in total. The molecule has 19 heavy (non-hydrogen) atoms. The Morgan fingerprint density at radius 1 is 1.26 bits per heavy atom. The highest BCUT2D eigenvalue weighted by Crippen LogP contribution is 2.32. The monoisotopic (exact) mass is 263 g/mol. The topological polar surface area (TPSA) is 72.6 Å². The van der Waals surface area contributed by atoms with Gasteiger partial charge in [0.05, 0.1) is 17.6 Å². The average molecular weight is 263 g/mol. The highest BCUT2D eigenvalue weighted by molar-refractivity contribution is 5.48. The zero-order valence-electron chi connectivity index (χ0n) is 9.75. The van der Waals surface area contributed by atoms with Gasteiger partial charge >= 0.3 is 5.69 Å². The molecule has 0 radical (unpaired) electrons. The van der Waals surface area contributed by atoms with Crippen molar-refractivity contribution in [1.82, 2.24) is 0 Å². The third-order valence-electron chi connectivity index (χ3n) is 2.43. The van der Waals surface area contributed by atoms with Gasteiger partial charge < -0.3 is 9.84 Å². The Balaban J connectivity index is 2.34. The zero-order valence-corrected chi connectivity index (χ0v) is 9.75. The molecule has 0 aliphatic carbocycles. The van der Waals surface area contributed by atoms with Crippen LogP contribution in [0.1, 0.15) is 5.56 Å². The molecule has 0 amide bonds. The third-order valence-corrected chi connectivity index (χ3v) is 2.43. The second-order valence-corrected chi connectivity index (χ2v) is 3.78. The van der Waals surface area contributed by atoms with Gasteiger partial charge in [-0.1, -0.05) is 12.1 Å². The van der Waals surface area contributed by atoms with Crippen molar-refractivity contribution in [3.05, 3.63) is 64.0 Å². The molecule has 6 heteroatoms. The molecule has 0 aliphatic heterocycles. The summed E-state index contributed by atoms with van der Waals surface area (Å²) in [5.74, 6) is -0.425. The maximum atomic E-state index is 13.0. The van der Waals surface area contributed by atoms with Crippen LogP contribution in [0.15, 0.2) is 42.5 Å². The first-order chi connectivity index (χ1) is 9.10. The van der Waals surface area contributed by atoms with Gasteiger partial charge in [0.15, 0.2) is 0 Å². The molecule has 0 spiro atoms. The van der Waals surface area contributed by atoms with E-state index >= 15 is 0 Å². The fourth-order valence-electron chi connectivity index (χ4n) is 1.55. The molecule has 2 rings (SSSR count). The van der Waals surface area contributed by atoms with Crippen LogP contribution in [-0.2, 0) is 6.61 Å². The van der Waals surface area contributed by atoms with Crippen molar-refractivity contribution in [3.63, 3.8) is 0 Å². The first kappa shape index (κ1) is 13.0. The van der Waals surface area contributed by atoms with Crippen LogP contribution in [0.5, 0.6) is 11.5 Å². The Bertz CT molecular complexity index is 615. The number of benzene rings is 2. The minimum Gasteiger partial charge on any atom is -0.450 e. The fourth-order valence-corrected chi connectivity index (χ4v) is 1.55. The molecular weight excluding hydrogens is 253 g/mol. The molecule has 2 aromatic rings. The summed E-state index contributed by atoms with van der Waals surface area (Å²) in [6, 6.07) is 9.55. The first-order valence-electron chi connectivity index (χ1n) is 5.42. The van der Waals surface area contributed by atoms with Crippen LogP contribution >= 0.6 is 0 Å². The number of hydrogen-bond acceptors (Lipinski definition) is 4. The second kappa shape index (κ2) is 5.45. The van der Waals surface area contributed by atoms with E-state index in [1.54, 1.807) is 24.3 Å². The summed E-state index contributed by atoms with van der Waals surface area (Å²) in [5.41, 5.74) is 0.164. The van der Waals surface area contributed by atoms with Gasteiger partial charge in [-0.25, -0.2) is 4.39 Å². The quantitative estimate of drug-likeness (QED) is 0.679. The number of ether oxygens (including phenoxy) is 1. The van der Waals surface area contributed by atoms with Crippen molar-refractivity contribution in [2.45, 2.75) is 6.61 Å². The predicted molar refractivity (Wildman–Crippen MR) is 65.5 cm³/mol. The van der Waals surface area contributed by atoms with E-state index in [1.807, 2.05) is 0 Å². The van der Waals surface area contributed by atoms with E-state index in [-0.39, 0.29) is 12.4 Å². The van der Waals surface area contributed by atoms with E-state index in [2.05, 4.69) is 0 Å². The zero-order chi connectivity index (χ0) is 13.8. The number of nitrogens with zero attached hydrogens (tertiary/aromatic N) is 1. The Labute approximate surface area is 108 Å². The molecule has 0 heterocycles. The molecule has 2 aromatic carbocycles. The van der Waals surface area contributed by atoms with E-state index in [9.17, 15) is 14.5 Å². The maximum absolute atomic E-state index is 13.0. The lowest BCUT2D eigenvalue weighted by Crippen LogP contribution is -1.95. The summed E-state index contributed by atoms with van der Waals surface area (Å²) in [5, 5.41) is 19.8. The number of nitro groups is 1. The minimum absolute atomic E-state index is 0.0542. The predicted octanol–water partition coefficient (Wildman–Crippen LogP) is 3.02. The molecule has 0 saturated carbocycles. The van der Waals surface area contributed by atoms with Crippen LogP contribution in [0.4, 0.5) is 10.1 Å². The van der Waals surface area contributed by atoms with Gasteiger partial charge in [-0.3, -0.25) is 10.1 Å². The molecule has 0 saturated heterocycles. The normalized spacial score (nSPS) is 10.2. The van der Waals surface area contributed by atoms with E-state index in [4.69, 9.17) is 9.84 Å². The third kappa shape index (κ3) is 3.05. The second-order valence-electron chi connectivity index (χ2n) is 3.78. The largest absolute Gasteiger partial charge is 0.450 e. The molecule has 0 aliphatic rings. The summed E-state index contributed by atoms with van der Waals surface area (Å²) >= 11 is 0. The van der Waals surface area contributed by atoms with Gasteiger partial charge in [0.25, 0.3) is 0 Å². The van der Waals surface area contributed by atoms with Gasteiger partial charge in [0.1, 0.15) is 11.6 Å². The molecular formula is C13H10FNO4. The number of hydrogen-bond donors (Lipinski definition) is 1. The molecule has 0 fully saturated rings. The van der Waals surface area contributed by atoms with Crippen LogP contribution in [0.2, 0.25) is 0 Å². The number of halogens is 1. The van der Waals surface area contributed by atoms with Crippen molar-refractivity contribution in [2.75, 3.05) is 0 Å². The van der Waals surface area contributed by atoms with Crippen LogP contribution in [0.3, 0.4) is 0 Å². The molecule has 0 bridgehead atoms. The molecule has 98 valence electrons. The summed E-state index contributed by atoms with van der Waals surface area (Å²) < 4.78 is 18.3. The van der Waals surface area contributed by atoms with E-state index in [0.29, 0.717) is 11.3 Å². The van der Waals surface area contributed by atoms with E-state index in [0.717, 1.165) is 12.1 Å². The minimum atomic E-state index is -0.714. The van der Waals surface area contributed by atoms with Crippen molar-refractivity contribution in [2.24, 2.45) is 0 Å².